The molecule has 33 heavy (non-hydrogen) atoms. The monoisotopic (exact) mass is 467 g/mol. The van der Waals surface area contributed by atoms with Gasteiger partial charge in [0.25, 0.3) is 15.9 Å². The molecule has 2 aromatic carbocycles. The maximum Gasteiger partial charge on any atom is 0.340 e. The van der Waals surface area contributed by atoms with Crippen LogP contribution in [0.3, 0.4) is 0 Å². The average Bonchev–Trinajstić information content (AvgIpc) is 2.79. The Morgan fingerprint density at radius 3 is 2.64 bits per heavy atom. The second kappa shape index (κ2) is 9.29. The third-order valence-electron chi connectivity index (χ3n) is 4.80. The molecule has 0 aliphatic carbocycles. The minimum Gasteiger partial charge on any atom is -0.455 e. The number of carbonyl (C=O) groups excluding carboxylic acids is 2. The van der Waals surface area contributed by atoms with E-state index in [1.54, 1.807) is 29.2 Å². The molecule has 9 nitrogen and oxygen atoms in total. The van der Waals surface area contributed by atoms with E-state index >= 15 is 0 Å². The van der Waals surface area contributed by atoms with Crippen molar-refractivity contribution >= 4 is 33.4 Å². The molecule has 0 aromatic heterocycles. The quantitative estimate of drug-likeness (QED) is 0.650. The maximum atomic E-state index is 12.4. The third-order valence-corrected chi connectivity index (χ3v) is 5.97. The van der Waals surface area contributed by atoms with Gasteiger partial charge in [-0.3, -0.25) is 4.79 Å². The van der Waals surface area contributed by atoms with Crippen molar-refractivity contribution < 1.29 is 27.5 Å². The van der Waals surface area contributed by atoms with Crippen LogP contribution in [0, 0.1) is 6.92 Å². The zero-order valence-corrected chi connectivity index (χ0v) is 18.5. The van der Waals surface area contributed by atoms with Gasteiger partial charge < -0.3 is 19.7 Å². The van der Waals surface area contributed by atoms with Crippen LogP contribution in [0.25, 0.3) is 0 Å². The molecule has 1 N–H and O–H groups in total. The Hall–Kier alpha value is -3.92. The van der Waals surface area contributed by atoms with Gasteiger partial charge >= 0.3 is 5.97 Å². The fourth-order valence-corrected chi connectivity index (χ4v) is 4.08. The van der Waals surface area contributed by atoms with E-state index in [1.807, 2.05) is 31.2 Å². The van der Waals surface area contributed by atoms with Crippen LogP contribution in [0.15, 0.2) is 76.9 Å². The molecule has 0 fully saturated rings. The minimum atomic E-state index is -3.48. The minimum absolute atomic E-state index is 0.143. The molecule has 2 heterocycles. The van der Waals surface area contributed by atoms with Crippen LogP contribution < -0.4 is 10.1 Å². The molecule has 2 aromatic rings. The van der Waals surface area contributed by atoms with Crippen LogP contribution in [0.5, 0.6) is 11.5 Å². The van der Waals surface area contributed by atoms with E-state index in [2.05, 4.69) is 9.71 Å². The summed E-state index contributed by atoms with van der Waals surface area (Å²) in [4.78, 5) is 26.3. The van der Waals surface area contributed by atoms with E-state index < -0.39 is 28.5 Å². The summed E-state index contributed by atoms with van der Waals surface area (Å²) in [6.45, 7) is 1.65. The number of nitrogens with zero attached hydrogens (tertiary/aromatic N) is 2. The van der Waals surface area contributed by atoms with Gasteiger partial charge in [0.1, 0.15) is 11.6 Å². The normalized spacial score (nSPS) is 16.2. The van der Waals surface area contributed by atoms with E-state index in [0.717, 1.165) is 5.56 Å². The lowest BCUT2D eigenvalue weighted by molar-refractivity contribution is -0.143. The first kappa shape index (κ1) is 22.3. The van der Waals surface area contributed by atoms with E-state index in [-0.39, 0.29) is 23.7 Å². The summed E-state index contributed by atoms with van der Waals surface area (Å²) in [5.74, 6) is -0.0758. The van der Waals surface area contributed by atoms with Gasteiger partial charge in [-0.2, -0.15) is 0 Å². The molecule has 4 rings (SSSR count). The lowest BCUT2D eigenvalue weighted by atomic mass is 10.2. The first-order chi connectivity index (χ1) is 15.8. The summed E-state index contributed by atoms with van der Waals surface area (Å²) in [6, 6.07) is 14.4. The van der Waals surface area contributed by atoms with Crippen molar-refractivity contribution in [1.29, 1.82) is 0 Å². The van der Waals surface area contributed by atoms with Gasteiger partial charge in [-0.05, 0) is 43.3 Å². The number of hydrogen-bond donors (Lipinski definition) is 1. The Balaban J connectivity index is 1.35. The molecule has 0 saturated heterocycles. The first-order valence-corrected chi connectivity index (χ1v) is 11.7. The summed E-state index contributed by atoms with van der Waals surface area (Å²) >= 11 is 0. The number of esters is 1. The van der Waals surface area contributed by atoms with Crippen molar-refractivity contribution in [2.24, 2.45) is 4.40 Å². The number of carbonyl (C=O) groups is 2. The summed E-state index contributed by atoms with van der Waals surface area (Å²) < 4.78 is 37.8. The predicted molar refractivity (Wildman–Crippen MR) is 122 cm³/mol. The van der Waals surface area contributed by atoms with Crippen LogP contribution in [-0.2, 0) is 24.3 Å². The lowest BCUT2D eigenvalue weighted by Crippen LogP contribution is -2.37. The number of ether oxygens (including phenoxy) is 2. The summed E-state index contributed by atoms with van der Waals surface area (Å²) in [5, 5.41) is 2.68. The zero-order chi connectivity index (χ0) is 23.4. The second-order valence-electron chi connectivity index (χ2n) is 7.38. The van der Waals surface area contributed by atoms with Crippen LogP contribution in [0.4, 0.5) is 5.69 Å². The van der Waals surface area contributed by atoms with Crippen molar-refractivity contribution in [3.05, 3.63) is 78.0 Å². The van der Waals surface area contributed by atoms with Crippen LogP contribution in [0.2, 0.25) is 0 Å². The van der Waals surface area contributed by atoms with Gasteiger partial charge in [-0.1, -0.05) is 29.8 Å². The number of nitrogens with one attached hydrogen (secondary N) is 1. The molecule has 1 amide bonds. The zero-order valence-electron chi connectivity index (χ0n) is 17.7. The number of fused-ring (bicyclic) bond motifs is 1. The molecule has 2 aliphatic rings. The largest absolute Gasteiger partial charge is 0.455 e. The van der Waals surface area contributed by atoms with Gasteiger partial charge in [0.2, 0.25) is 0 Å². The molecule has 10 heteroatoms. The number of rotatable bonds is 6. The number of anilines is 1. The van der Waals surface area contributed by atoms with Crippen molar-refractivity contribution in [3.8, 4) is 11.5 Å². The molecule has 0 spiro atoms. The molecule has 0 unspecified atom stereocenters. The number of para-hydroxylation sites is 2. The van der Waals surface area contributed by atoms with E-state index in [0.29, 0.717) is 17.2 Å². The number of amides is 1. The van der Waals surface area contributed by atoms with Crippen LogP contribution >= 0.6 is 0 Å². The Morgan fingerprint density at radius 2 is 1.85 bits per heavy atom. The van der Waals surface area contributed by atoms with E-state index in [4.69, 9.17) is 9.47 Å². The highest BCUT2D eigenvalue weighted by molar-refractivity contribution is 7.90. The highest BCUT2D eigenvalue weighted by Crippen LogP contribution is 2.29. The highest BCUT2D eigenvalue weighted by Gasteiger charge is 2.25. The van der Waals surface area contributed by atoms with Crippen molar-refractivity contribution in [2.45, 2.75) is 6.92 Å². The number of sulfonamides is 1. The fourth-order valence-electron chi connectivity index (χ4n) is 3.11. The SMILES string of the molecule is Cc1ccc(Oc2ccccc2NC(=O)COC(=O)C2=CN3CCS(=O)(=O)N=C3C=C2)cc1. The molecule has 170 valence electrons. The lowest BCUT2D eigenvalue weighted by Gasteiger charge is -2.26. The topological polar surface area (TPSA) is 114 Å². The van der Waals surface area contributed by atoms with Crippen LogP contribution in [-0.4, -0.2) is 49.9 Å². The fraction of sp³-hybridized carbons (Fsp3) is 0.174. The van der Waals surface area contributed by atoms with Gasteiger partial charge in [0.05, 0.1) is 17.0 Å². The number of hydrogen-bond acceptors (Lipinski definition) is 7. The van der Waals surface area contributed by atoms with Crippen LogP contribution in [0.1, 0.15) is 5.56 Å². The number of amidine groups is 1. The van der Waals surface area contributed by atoms with Gasteiger partial charge in [0, 0.05) is 12.7 Å². The van der Waals surface area contributed by atoms with Crippen molar-refractivity contribution in [3.63, 3.8) is 0 Å². The van der Waals surface area contributed by atoms with E-state index in [9.17, 15) is 18.0 Å². The Bertz CT molecular complexity index is 1280. The molecule has 0 radical (unpaired) electrons. The Kier molecular flexibility index (Phi) is 6.27. The Labute approximate surface area is 191 Å². The summed E-state index contributed by atoms with van der Waals surface area (Å²) in [5.41, 5.74) is 1.72. The number of aryl methyl sites for hydroxylation is 1. The smallest absolute Gasteiger partial charge is 0.340 e. The van der Waals surface area contributed by atoms with Crippen molar-refractivity contribution in [1.82, 2.24) is 4.90 Å². The average molecular weight is 468 g/mol. The van der Waals surface area contributed by atoms with Gasteiger partial charge in [-0.15, -0.1) is 4.40 Å². The first-order valence-electron chi connectivity index (χ1n) is 10.1. The molecular weight excluding hydrogens is 446 g/mol. The third kappa shape index (κ3) is 5.66. The molecule has 0 bridgehead atoms. The molecule has 0 saturated carbocycles. The van der Waals surface area contributed by atoms with Gasteiger partial charge in [-0.25, -0.2) is 13.2 Å². The second-order valence-corrected chi connectivity index (χ2v) is 9.14. The standard InChI is InChI=1S/C23H21N3O6S/c1-16-6-9-18(10-7-16)32-20-5-3-2-4-19(20)24-22(27)15-31-23(28)17-8-11-21-25-33(29,30)13-12-26(21)14-17/h2-11,14H,12-13,15H2,1H3,(H,24,27). The molecule has 0 atom stereocenters. The van der Waals surface area contributed by atoms with Crippen molar-refractivity contribution in [2.75, 3.05) is 24.2 Å². The maximum absolute atomic E-state index is 12.4. The molecular formula is C23H21N3O6S. The number of benzene rings is 2. The van der Waals surface area contributed by atoms with E-state index in [1.165, 1.54) is 18.4 Å². The predicted octanol–water partition coefficient (Wildman–Crippen LogP) is 2.77. The summed E-state index contributed by atoms with van der Waals surface area (Å²) in [7, 11) is -3.48. The van der Waals surface area contributed by atoms with Gasteiger partial charge in [0.15, 0.2) is 12.4 Å². The Morgan fingerprint density at radius 1 is 1.09 bits per heavy atom. The molecule has 2 aliphatic heterocycles. The summed E-state index contributed by atoms with van der Waals surface area (Å²) in [6.07, 6.45) is 4.28. The highest BCUT2D eigenvalue weighted by atomic mass is 32.2.